The summed E-state index contributed by atoms with van der Waals surface area (Å²) < 4.78 is 50.0. The Morgan fingerprint density at radius 3 is 2.40 bits per heavy atom. The van der Waals surface area contributed by atoms with Gasteiger partial charge in [0.05, 0.1) is 11.0 Å². The van der Waals surface area contributed by atoms with Crippen LogP contribution in [0.3, 0.4) is 0 Å². The van der Waals surface area contributed by atoms with E-state index in [9.17, 15) is 21.9 Å². The standard InChI is InChI=1S/C20H29N3O5S2/c1-15-10-13-23(14-19(15)24)18-7-5-4-6-17(18)20(30(21,27)28)11-8-16(9-12-20)29(25,26)22(2)3/h4-9,11,15,19,24H,10,12-14H2,1-3H3,(H2,21,27,28). The number of rotatable bonds is 5. The van der Waals surface area contributed by atoms with E-state index in [1.54, 1.807) is 12.1 Å². The number of hydrogen-bond donors (Lipinski definition) is 2. The van der Waals surface area contributed by atoms with E-state index in [-0.39, 0.29) is 17.2 Å². The van der Waals surface area contributed by atoms with E-state index < -0.39 is 30.9 Å². The Labute approximate surface area is 178 Å². The zero-order valence-electron chi connectivity index (χ0n) is 17.4. The van der Waals surface area contributed by atoms with E-state index in [2.05, 4.69) is 0 Å². The van der Waals surface area contributed by atoms with Gasteiger partial charge in [-0.25, -0.2) is 26.3 Å². The molecule has 1 aliphatic carbocycles. The van der Waals surface area contributed by atoms with Crippen LogP contribution < -0.4 is 10.0 Å². The molecule has 2 aliphatic rings. The minimum atomic E-state index is -4.14. The summed E-state index contributed by atoms with van der Waals surface area (Å²) in [6, 6.07) is 7.06. The van der Waals surface area contributed by atoms with Crippen molar-refractivity contribution in [3.8, 4) is 0 Å². The molecular weight excluding hydrogens is 426 g/mol. The molecule has 0 radical (unpaired) electrons. The van der Waals surface area contributed by atoms with Gasteiger partial charge in [0, 0.05) is 38.4 Å². The minimum absolute atomic E-state index is 0.0338. The van der Waals surface area contributed by atoms with Crippen molar-refractivity contribution in [3.05, 3.63) is 53.0 Å². The van der Waals surface area contributed by atoms with Gasteiger partial charge >= 0.3 is 0 Å². The molecule has 3 unspecified atom stereocenters. The molecule has 0 bridgehead atoms. The Morgan fingerprint density at radius 1 is 1.20 bits per heavy atom. The summed E-state index contributed by atoms with van der Waals surface area (Å²) in [5.74, 6) is 0.164. The quantitative estimate of drug-likeness (QED) is 0.686. The third-order valence-corrected chi connectivity index (χ3v) is 9.43. The molecule has 30 heavy (non-hydrogen) atoms. The molecule has 3 rings (SSSR count). The molecule has 0 saturated carbocycles. The maximum Gasteiger partial charge on any atom is 0.242 e. The number of sulfonamides is 2. The van der Waals surface area contributed by atoms with E-state index in [0.717, 1.165) is 10.7 Å². The molecule has 1 fully saturated rings. The van der Waals surface area contributed by atoms with Gasteiger partial charge in [-0.3, -0.25) is 0 Å². The van der Waals surface area contributed by atoms with Crippen LogP contribution in [-0.2, 0) is 24.8 Å². The highest BCUT2D eigenvalue weighted by atomic mass is 32.2. The van der Waals surface area contributed by atoms with Crippen LogP contribution in [0.2, 0.25) is 0 Å². The molecule has 3 N–H and O–H groups in total. The predicted molar refractivity (Wildman–Crippen MR) is 118 cm³/mol. The third kappa shape index (κ3) is 3.94. The highest BCUT2D eigenvalue weighted by Crippen LogP contribution is 2.43. The van der Waals surface area contributed by atoms with E-state index in [1.165, 1.54) is 32.3 Å². The molecule has 1 aliphatic heterocycles. The van der Waals surface area contributed by atoms with Crippen LogP contribution in [0.15, 0.2) is 47.4 Å². The van der Waals surface area contributed by atoms with Gasteiger partial charge in [-0.2, -0.15) is 0 Å². The maximum atomic E-state index is 12.8. The first-order chi connectivity index (χ1) is 13.9. The van der Waals surface area contributed by atoms with E-state index in [1.807, 2.05) is 24.0 Å². The summed E-state index contributed by atoms with van der Waals surface area (Å²) in [5, 5.41) is 16.0. The lowest BCUT2D eigenvalue weighted by atomic mass is 9.88. The Bertz CT molecular complexity index is 1080. The summed E-state index contributed by atoms with van der Waals surface area (Å²) in [6.45, 7) is 3.05. The van der Waals surface area contributed by atoms with Crippen LogP contribution >= 0.6 is 0 Å². The number of nitrogens with zero attached hydrogens (tertiary/aromatic N) is 2. The van der Waals surface area contributed by atoms with Crippen molar-refractivity contribution in [1.29, 1.82) is 0 Å². The average molecular weight is 456 g/mol. The van der Waals surface area contributed by atoms with Crippen LogP contribution in [-0.4, -0.2) is 59.5 Å². The van der Waals surface area contributed by atoms with Crippen LogP contribution in [0.1, 0.15) is 25.3 Å². The molecule has 3 atom stereocenters. The molecule has 8 nitrogen and oxygen atoms in total. The van der Waals surface area contributed by atoms with Crippen molar-refractivity contribution < 1.29 is 21.9 Å². The summed E-state index contributed by atoms with van der Waals surface area (Å²) >= 11 is 0. The Kier molecular flexibility index (Phi) is 6.18. The van der Waals surface area contributed by atoms with Crippen LogP contribution in [0, 0.1) is 5.92 Å². The van der Waals surface area contributed by atoms with Crippen LogP contribution in [0.4, 0.5) is 5.69 Å². The molecule has 1 heterocycles. The fraction of sp³-hybridized carbons (Fsp3) is 0.500. The number of primary sulfonamides is 1. The number of aliphatic hydroxyl groups is 1. The highest BCUT2D eigenvalue weighted by molar-refractivity contribution is 7.93. The normalized spacial score (nSPS) is 27.9. The lowest BCUT2D eigenvalue weighted by Crippen LogP contribution is -2.46. The van der Waals surface area contributed by atoms with E-state index in [0.29, 0.717) is 24.3 Å². The van der Waals surface area contributed by atoms with Crippen molar-refractivity contribution in [2.75, 3.05) is 32.1 Å². The van der Waals surface area contributed by atoms with Crippen molar-refractivity contribution >= 4 is 25.7 Å². The number of β-amino-alcohol motifs (C(OH)–C–C–N with tert-alkyl or cyclic N) is 1. The van der Waals surface area contributed by atoms with Gasteiger partial charge in [0.15, 0.2) is 0 Å². The van der Waals surface area contributed by atoms with Crippen molar-refractivity contribution in [3.63, 3.8) is 0 Å². The molecule has 10 heteroatoms. The van der Waals surface area contributed by atoms with Crippen LogP contribution in [0.25, 0.3) is 0 Å². The molecular formula is C20H29N3O5S2. The Morgan fingerprint density at radius 2 is 1.87 bits per heavy atom. The molecule has 1 aromatic carbocycles. The summed E-state index contributed by atoms with van der Waals surface area (Å²) in [6.07, 6.45) is 4.25. The first-order valence-corrected chi connectivity index (χ1v) is 12.8. The minimum Gasteiger partial charge on any atom is -0.391 e. The monoisotopic (exact) mass is 455 g/mol. The molecule has 0 spiro atoms. The first kappa shape index (κ1) is 23.0. The van der Waals surface area contributed by atoms with Gasteiger partial charge in [-0.1, -0.05) is 37.3 Å². The summed E-state index contributed by atoms with van der Waals surface area (Å²) in [5.41, 5.74) is 1.15. The SMILES string of the molecule is CC1CCN(c2ccccc2C2(S(N)(=O)=O)C=CC(S(=O)(=O)N(C)C)=CC2)CC1O. The Balaban J connectivity index is 2.09. The number of aliphatic hydroxyl groups excluding tert-OH is 1. The van der Waals surface area contributed by atoms with Crippen molar-refractivity contribution in [2.45, 2.75) is 30.6 Å². The van der Waals surface area contributed by atoms with Gasteiger partial charge in [0.25, 0.3) is 0 Å². The smallest absolute Gasteiger partial charge is 0.242 e. The first-order valence-electron chi connectivity index (χ1n) is 9.77. The van der Waals surface area contributed by atoms with Gasteiger partial charge in [-0.15, -0.1) is 0 Å². The van der Waals surface area contributed by atoms with Gasteiger partial charge in [-0.05, 0) is 30.9 Å². The van der Waals surface area contributed by atoms with Crippen molar-refractivity contribution in [1.82, 2.24) is 4.31 Å². The number of para-hydroxylation sites is 1. The fourth-order valence-electron chi connectivity index (χ4n) is 3.95. The number of allylic oxidation sites excluding steroid dienone is 2. The second-order valence-corrected chi connectivity index (χ2v) is 12.1. The molecule has 0 amide bonds. The van der Waals surface area contributed by atoms with E-state index in [4.69, 9.17) is 5.14 Å². The van der Waals surface area contributed by atoms with Crippen molar-refractivity contribution in [2.24, 2.45) is 11.1 Å². The number of benzene rings is 1. The third-order valence-electron chi connectivity index (χ3n) is 6.03. The summed E-state index contributed by atoms with van der Waals surface area (Å²) in [4.78, 5) is 2.00. The maximum absolute atomic E-state index is 12.8. The fourth-order valence-corrected chi connectivity index (χ4v) is 5.95. The largest absolute Gasteiger partial charge is 0.391 e. The van der Waals surface area contributed by atoms with Crippen LogP contribution in [0.5, 0.6) is 0 Å². The van der Waals surface area contributed by atoms with E-state index >= 15 is 0 Å². The Hall–Kier alpha value is -1.72. The lowest BCUT2D eigenvalue weighted by Gasteiger charge is -2.40. The second-order valence-electron chi connectivity index (χ2n) is 8.16. The molecule has 1 saturated heterocycles. The summed E-state index contributed by atoms with van der Waals surface area (Å²) in [7, 11) is -5.00. The second kappa shape index (κ2) is 8.08. The van der Waals surface area contributed by atoms with Gasteiger partial charge < -0.3 is 10.0 Å². The molecule has 1 aromatic rings. The predicted octanol–water partition coefficient (Wildman–Crippen LogP) is 1.11. The average Bonchev–Trinajstić information content (AvgIpc) is 2.69. The number of nitrogens with two attached hydrogens (primary N) is 1. The zero-order valence-corrected chi connectivity index (χ0v) is 19.0. The highest BCUT2D eigenvalue weighted by Gasteiger charge is 2.45. The van der Waals surface area contributed by atoms with Gasteiger partial charge in [0.2, 0.25) is 20.0 Å². The number of anilines is 1. The molecule has 166 valence electrons. The zero-order chi connectivity index (χ0) is 22.3. The lowest BCUT2D eigenvalue weighted by molar-refractivity contribution is 0.103. The van der Waals surface area contributed by atoms with Gasteiger partial charge in [0.1, 0.15) is 4.75 Å². The topological polar surface area (TPSA) is 121 Å². The number of piperidine rings is 1. The molecule has 0 aromatic heterocycles. The number of hydrogen-bond acceptors (Lipinski definition) is 6.